The first-order valence-electron chi connectivity index (χ1n) is 3.05. The van der Waals surface area contributed by atoms with E-state index in [1.807, 2.05) is 0 Å². The lowest BCUT2D eigenvalue weighted by Crippen LogP contribution is -2.38. The van der Waals surface area contributed by atoms with E-state index in [4.69, 9.17) is 16.6 Å². The van der Waals surface area contributed by atoms with Crippen molar-refractivity contribution in [3.63, 3.8) is 0 Å². The van der Waals surface area contributed by atoms with Crippen LogP contribution in [0.4, 0.5) is 0 Å². The summed E-state index contributed by atoms with van der Waals surface area (Å²) in [7, 11) is 0. The Morgan fingerprint density at radius 2 is 2.00 bits per heavy atom. The molecule has 0 aliphatic carbocycles. The molecule has 0 aromatic rings. The van der Waals surface area contributed by atoms with Crippen molar-refractivity contribution < 1.29 is 14.7 Å². The number of carboxylic acid groups (broad SMARTS) is 1. The standard InChI is InChI=1S/C6H11N2O3/c1-3(7)6(11)4(8)2-5(9)10/h4H,2,7-8H2,1H3,(H,9,10)/t4-/m0/s1. The third kappa shape index (κ3) is 3.69. The molecule has 0 fully saturated rings. The highest BCUT2D eigenvalue weighted by atomic mass is 16.4. The van der Waals surface area contributed by atoms with E-state index in [0.29, 0.717) is 0 Å². The Labute approximate surface area is 64.4 Å². The van der Waals surface area contributed by atoms with Crippen LogP contribution in [0.5, 0.6) is 0 Å². The predicted octanol–water partition coefficient (Wildman–Crippen LogP) is -1.13. The minimum atomic E-state index is -1.10. The van der Waals surface area contributed by atoms with Crippen LogP contribution in [0.1, 0.15) is 13.3 Å². The summed E-state index contributed by atoms with van der Waals surface area (Å²) in [5, 5.41) is 8.23. The van der Waals surface area contributed by atoms with Crippen LogP contribution in [0.3, 0.4) is 0 Å². The summed E-state index contributed by atoms with van der Waals surface area (Å²) in [6.45, 7) is 1.39. The number of aliphatic carboxylic acids is 1. The van der Waals surface area contributed by atoms with E-state index in [9.17, 15) is 9.59 Å². The summed E-state index contributed by atoms with van der Waals surface area (Å²) in [5.41, 5.74) is 10.3. The lowest BCUT2D eigenvalue weighted by Gasteiger charge is -2.08. The molecule has 0 saturated heterocycles. The highest BCUT2D eigenvalue weighted by Gasteiger charge is 2.20. The average molecular weight is 159 g/mol. The monoisotopic (exact) mass is 159 g/mol. The quantitative estimate of drug-likeness (QED) is 0.481. The molecule has 0 saturated carbocycles. The Hall–Kier alpha value is -0.940. The van der Waals surface area contributed by atoms with Crippen molar-refractivity contribution in [1.29, 1.82) is 0 Å². The van der Waals surface area contributed by atoms with E-state index >= 15 is 0 Å². The van der Waals surface area contributed by atoms with Crippen molar-refractivity contribution in [2.75, 3.05) is 0 Å². The van der Waals surface area contributed by atoms with Gasteiger partial charge in [0.1, 0.15) is 0 Å². The molecule has 0 unspecified atom stereocenters. The van der Waals surface area contributed by atoms with Crippen LogP contribution in [0.15, 0.2) is 0 Å². The van der Waals surface area contributed by atoms with Crippen LogP contribution in [-0.2, 0) is 9.59 Å². The zero-order valence-corrected chi connectivity index (χ0v) is 6.20. The molecule has 1 atom stereocenters. The van der Waals surface area contributed by atoms with E-state index in [1.165, 1.54) is 6.92 Å². The molecule has 11 heavy (non-hydrogen) atoms. The number of carboxylic acids is 1. The number of Topliss-reactive ketones (excluding diaryl/α,β-unsaturated/α-hetero) is 1. The van der Waals surface area contributed by atoms with Crippen LogP contribution < -0.4 is 11.5 Å². The maximum absolute atomic E-state index is 10.8. The molecule has 5 nitrogen and oxygen atoms in total. The fourth-order valence-electron chi connectivity index (χ4n) is 0.573. The number of hydrogen-bond donors (Lipinski definition) is 3. The number of carbonyl (C=O) groups excluding carboxylic acids is 1. The van der Waals surface area contributed by atoms with Crippen molar-refractivity contribution in [3.05, 3.63) is 6.04 Å². The third-order valence-corrected chi connectivity index (χ3v) is 1.12. The molecule has 0 aromatic carbocycles. The minimum absolute atomic E-state index is 0.0405. The molecule has 63 valence electrons. The van der Waals surface area contributed by atoms with Gasteiger partial charge in [0.2, 0.25) is 0 Å². The Morgan fingerprint density at radius 3 is 2.27 bits per heavy atom. The molecular weight excluding hydrogens is 148 g/mol. The zero-order chi connectivity index (χ0) is 9.02. The van der Waals surface area contributed by atoms with Crippen molar-refractivity contribution in [2.24, 2.45) is 11.5 Å². The summed E-state index contributed by atoms with van der Waals surface area (Å²) < 4.78 is 0. The largest absolute Gasteiger partial charge is 0.481 e. The molecule has 5 heteroatoms. The Balaban J connectivity index is 3.93. The van der Waals surface area contributed by atoms with Gasteiger partial charge in [-0.1, -0.05) is 0 Å². The predicted molar refractivity (Wildman–Crippen MR) is 38.3 cm³/mol. The lowest BCUT2D eigenvalue weighted by molar-refractivity contribution is -0.138. The summed E-state index contributed by atoms with van der Waals surface area (Å²) in [6, 6.07) is -0.976. The van der Waals surface area contributed by atoms with Crippen molar-refractivity contribution in [2.45, 2.75) is 19.4 Å². The van der Waals surface area contributed by atoms with Gasteiger partial charge < -0.3 is 16.6 Å². The van der Waals surface area contributed by atoms with E-state index in [0.717, 1.165) is 0 Å². The SMILES string of the molecule is C[C](N)C(=O)[C@@H](N)CC(=O)O. The molecule has 5 N–H and O–H groups in total. The maximum atomic E-state index is 10.8. The van der Waals surface area contributed by atoms with Crippen LogP contribution in [0, 0.1) is 6.04 Å². The van der Waals surface area contributed by atoms with Gasteiger partial charge in [-0.3, -0.25) is 9.59 Å². The number of ketones is 1. The van der Waals surface area contributed by atoms with E-state index in [2.05, 4.69) is 0 Å². The molecule has 1 radical (unpaired) electrons. The summed E-state index contributed by atoms with van der Waals surface area (Å²) in [5.74, 6) is -1.61. The zero-order valence-electron chi connectivity index (χ0n) is 6.20. The van der Waals surface area contributed by atoms with E-state index < -0.39 is 17.8 Å². The first-order chi connectivity index (χ1) is 4.95. The highest BCUT2D eigenvalue weighted by Crippen LogP contribution is 1.97. The maximum Gasteiger partial charge on any atom is 0.305 e. The summed E-state index contributed by atoms with van der Waals surface area (Å²) >= 11 is 0. The van der Waals surface area contributed by atoms with Gasteiger partial charge in [0.05, 0.1) is 18.5 Å². The van der Waals surface area contributed by atoms with Crippen LogP contribution in [-0.4, -0.2) is 22.9 Å². The molecule has 0 spiro atoms. The normalized spacial score (nSPS) is 13.1. The number of rotatable bonds is 4. The Kier molecular flexibility index (Phi) is 3.70. The van der Waals surface area contributed by atoms with Gasteiger partial charge >= 0.3 is 5.97 Å². The van der Waals surface area contributed by atoms with Gasteiger partial charge in [-0.15, -0.1) is 0 Å². The topological polar surface area (TPSA) is 106 Å². The molecule has 0 amide bonds. The average Bonchev–Trinajstić information content (AvgIpc) is 1.84. The Bertz CT molecular complexity index is 167. The van der Waals surface area contributed by atoms with Gasteiger partial charge in [-0.05, 0) is 6.92 Å². The molecule has 0 bridgehead atoms. The second kappa shape index (κ2) is 4.05. The first-order valence-corrected chi connectivity index (χ1v) is 3.05. The second-order valence-electron chi connectivity index (χ2n) is 2.25. The fourth-order valence-corrected chi connectivity index (χ4v) is 0.573. The van der Waals surface area contributed by atoms with Crippen LogP contribution in [0.2, 0.25) is 0 Å². The molecule has 0 heterocycles. The molecule has 0 aliphatic rings. The van der Waals surface area contributed by atoms with Crippen molar-refractivity contribution >= 4 is 11.8 Å². The molecule has 0 aliphatic heterocycles. The minimum Gasteiger partial charge on any atom is -0.481 e. The number of nitrogens with two attached hydrogens (primary N) is 2. The smallest absolute Gasteiger partial charge is 0.305 e. The van der Waals surface area contributed by atoms with Gasteiger partial charge in [-0.25, -0.2) is 0 Å². The van der Waals surface area contributed by atoms with E-state index in [-0.39, 0.29) is 12.5 Å². The van der Waals surface area contributed by atoms with Crippen molar-refractivity contribution in [1.82, 2.24) is 0 Å². The molecule has 0 aromatic heterocycles. The molecule has 0 rings (SSSR count). The van der Waals surface area contributed by atoms with Gasteiger partial charge in [0, 0.05) is 0 Å². The van der Waals surface area contributed by atoms with Gasteiger partial charge in [0.25, 0.3) is 0 Å². The van der Waals surface area contributed by atoms with Gasteiger partial charge in [0.15, 0.2) is 5.78 Å². The number of carbonyl (C=O) groups is 2. The first kappa shape index (κ1) is 10.1. The summed E-state index contributed by atoms with van der Waals surface area (Å²) in [6.07, 6.45) is -0.382. The van der Waals surface area contributed by atoms with E-state index in [1.54, 1.807) is 0 Å². The number of hydrogen-bond acceptors (Lipinski definition) is 4. The Morgan fingerprint density at radius 1 is 1.55 bits per heavy atom. The summed E-state index contributed by atoms with van der Waals surface area (Å²) in [4.78, 5) is 20.9. The van der Waals surface area contributed by atoms with Crippen LogP contribution in [0.25, 0.3) is 0 Å². The lowest BCUT2D eigenvalue weighted by atomic mass is 10.1. The van der Waals surface area contributed by atoms with Crippen molar-refractivity contribution in [3.8, 4) is 0 Å². The highest BCUT2D eigenvalue weighted by molar-refractivity contribution is 5.96. The van der Waals surface area contributed by atoms with Crippen LogP contribution >= 0.6 is 0 Å². The fraction of sp³-hybridized carbons (Fsp3) is 0.500. The van der Waals surface area contributed by atoms with Gasteiger partial charge in [-0.2, -0.15) is 0 Å². The molecular formula is C6H11N2O3. The second-order valence-corrected chi connectivity index (χ2v) is 2.25. The third-order valence-electron chi connectivity index (χ3n) is 1.12.